The predicted molar refractivity (Wildman–Crippen MR) is 97.5 cm³/mol. The third-order valence-electron chi connectivity index (χ3n) is 4.11. The van der Waals surface area contributed by atoms with E-state index in [1.165, 1.54) is 28.8 Å². The number of carbonyl (C=O) groups is 3. The van der Waals surface area contributed by atoms with Gasteiger partial charge < -0.3 is 19.7 Å². The average Bonchev–Trinajstić information content (AvgIpc) is 3.26. The van der Waals surface area contributed by atoms with Crippen molar-refractivity contribution in [2.45, 2.75) is 19.9 Å². The fourth-order valence-electron chi connectivity index (χ4n) is 2.74. The molecule has 2 N–H and O–H groups in total. The van der Waals surface area contributed by atoms with Gasteiger partial charge in [0.15, 0.2) is 5.76 Å². The third kappa shape index (κ3) is 3.60. The lowest BCUT2D eigenvalue weighted by Gasteiger charge is -2.22. The topological polar surface area (TPSA) is 99.9 Å². The molecule has 0 saturated carbocycles. The van der Waals surface area contributed by atoms with Crippen LogP contribution in [-0.4, -0.2) is 45.5 Å². The van der Waals surface area contributed by atoms with Crippen molar-refractivity contribution in [1.82, 2.24) is 4.90 Å². The van der Waals surface area contributed by atoms with Crippen molar-refractivity contribution in [2.75, 3.05) is 16.9 Å². The van der Waals surface area contributed by atoms with E-state index in [-0.39, 0.29) is 17.4 Å². The number of anilines is 1. The number of aryl methyl sites for hydroxylation is 2. The van der Waals surface area contributed by atoms with E-state index >= 15 is 0 Å². The first-order valence-electron chi connectivity index (χ1n) is 7.97. The van der Waals surface area contributed by atoms with Crippen LogP contribution in [0.15, 0.2) is 34.7 Å². The minimum atomic E-state index is -1.25. The Kier molecular flexibility index (Phi) is 5.03. The summed E-state index contributed by atoms with van der Waals surface area (Å²) in [5, 5.41) is 11.8. The van der Waals surface area contributed by atoms with Gasteiger partial charge in [-0.2, -0.15) is 0 Å². The molecule has 1 atom stereocenters. The number of rotatable bonds is 4. The number of nitrogens with zero attached hydrogens (tertiary/aromatic N) is 1. The molecule has 2 aromatic rings. The second kappa shape index (κ2) is 7.25. The second-order valence-electron chi connectivity index (χ2n) is 6.07. The highest BCUT2D eigenvalue weighted by atomic mass is 32.2. The van der Waals surface area contributed by atoms with Crippen molar-refractivity contribution < 1.29 is 23.9 Å². The number of aromatic carboxylic acids is 1. The molecule has 1 aliphatic heterocycles. The first-order valence-corrected chi connectivity index (χ1v) is 9.12. The van der Waals surface area contributed by atoms with Crippen molar-refractivity contribution in [2.24, 2.45) is 0 Å². The molecule has 136 valence electrons. The van der Waals surface area contributed by atoms with Gasteiger partial charge >= 0.3 is 5.97 Å². The molecule has 0 spiro atoms. The Bertz CT molecular complexity index is 876. The Balaban J connectivity index is 1.75. The predicted octanol–water partition coefficient (Wildman–Crippen LogP) is 2.75. The summed E-state index contributed by atoms with van der Waals surface area (Å²) < 4.78 is 5.07. The summed E-state index contributed by atoms with van der Waals surface area (Å²) in [5.74, 6) is -1.61. The first kappa shape index (κ1) is 18.1. The van der Waals surface area contributed by atoms with Crippen molar-refractivity contribution in [1.29, 1.82) is 0 Å². The zero-order valence-electron chi connectivity index (χ0n) is 14.3. The van der Waals surface area contributed by atoms with Crippen molar-refractivity contribution in [3.05, 3.63) is 53.0 Å². The Morgan fingerprint density at radius 1 is 1.19 bits per heavy atom. The van der Waals surface area contributed by atoms with Gasteiger partial charge in [0.1, 0.15) is 6.04 Å². The van der Waals surface area contributed by atoms with Gasteiger partial charge in [-0.1, -0.05) is 17.7 Å². The summed E-state index contributed by atoms with van der Waals surface area (Å²) >= 11 is 1.46. The molecule has 0 radical (unpaired) electrons. The van der Waals surface area contributed by atoms with Crippen molar-refractivity contribution >= 4 is 35.2 Å². The minimum absolute atomic E-state index is 0.0887. The van der Waals surface area contributed by atoms with Gasteiger partial charge in [0, 0.05) is 11.4 Å². The van der Waals surface area contributed by atoms with Gasteiger partial charge in [0.2, 0.25) is 11.7 Å². The van der Waals surface area contributed by atoms with Crippen LogP contribution in [0.3, 0.4) is 0 Å². The summed E-state index contributed by atoms with van der Waals surface area (Å²) in [5.41, 5.74) is 2.75. The Morgan fingerprint density at radius 3 is 2.58 bits per heavy atom. The van der Waals surface area contributed by atoms with E-state index < -0.39 is 17.9 Å². The van der Waals surface area contributed by atoms with Crippen LogP contribution in [0.1, 0.15) is 32.2 Å². The molecule has 2 heterocycles. The average molecular weight is 374 g/mol. The third-order valence-corrected chi connectivity index (χ3v) is 5.13. The number of hydrogen-bond donors (Lipinski definition) is 2. The Labute approximate surface area is 154 Å². The van der Waals surface area contributed by atoms with Crippen LogP contribution >= 0.6 is 11.8 Å². The molecule has 1 aliphatic rings. The zero-order chi connectivity index (χ0) is 18.8. The van der Waals surface area contributed by atoms with Gasteiger partial charge in [-0.3, -0.25) is 9.59 Å². The fraction of sp³-hybridized carbons (Fsp3) is 0.278. The molecule has 0 aliphatic carbocycles. The molecule has 0 bridgehead atoms. The Morgan fingerprint density at radius 2 is 1.92 bits per heavy atom. The van der Waals surface area contributed by atoms with Crippen molar-refractivity contribution in [3.8, 4) is 0 Å². The van der Waals surface area contributed by atoms with E-state index in [2.05, 4.69) is 5.32 Å². The minimum Gasteiger partial charge on any atom is -0.475 e. The van der Waals surface area contributed by atoms with Crippen molar-refractivity contribution in [3.63, 3.8) is 0 Å². The maximum Gasteiger partial charge on any atom is 0.371 e. The molecular formula is C18H18N2O5S. The smallest absolute Gasteiger partial charge is 0.371 e. The molecule has 1 fully saturated rings. The molecule has 1 unspecified atom stereocenters. The van der Waals surface area contributed by atoms with E-state index in [0.29, 0.717) is 17.3 Å². The number of carboxylic acid groups (broad SMARTS) is 1. The number of furan rings is 1. The normalized spacial score (nSPS) is 16.5. The summed E-state index contributed by atoms with van der Waals surface area (Å²) in [6.45, 7) is 3.88. The number of nitrogens with one attached hydrogen (secondary N) is 1. The number of amides is 2. The zero-order valence-corrected chi connectivity index (χ0v) is 15.1. The van der Waals surface area contributed by atoms with Gasteiger partial charge in [-0.25, -0.2) is 4.79 Å². The highest BCUT2D eigenvalue weighted by Gasteiger charge is 2.36. The molecule has 1 aromatic heterocycles. The molecule has 1 aromatic carbocycles. The number of thioether (sulfide) groups is 1. The van der Waals surface area contributed by atoms with Crippen LogP contribution in [0.2, 0.25) is 0 Å². The van der Waals surface area contributed by atoms with Crippen LogP contribution < -0.4 is 5.32 Å². The molecule has 1 saturated heterocycles. The first-order chi connectivity index (χ1) is 12.4. The number of carboxylic acids is 1. The van der Waals surface area contributed by atoms with E-state index in [1.54, 1.807) is 0 Å². The molecular weight excluding hydrogens is 356 g/mol. The standard InChI is InChI=1S/C18H18N2O5S/c1-10-3-4-12(11(2)7-10)19-16(21)13-8-26-9-20(13)17(22)14-5-6-15(25-14)18(23)24/h3-7,13H,8-9H2,1-2H3,(H,19,21)(H,23,24). The van der Waals surface area contributed by atoms with E-state index in [0.717, 1.165) is 11.1 Å². The van der Waals surface area contributed by atoms with Crippen LogP contribution in [-0.2, 0) is 4.79 Å². The SMILES string of the molecule is Cc1ccc(NC(=O)C2CSCN2C(=O)c2ccc(C(=O)O)o2)c(C)c1. The monoisotopic (exact) mass is 374 g/mol. The summed E-state index contributed by atoms with van der Waals surface area (Å²) in [6.07, 6.45) is 0. The van der Waals surface area contributed by atoms with Gasteiger partial charge in [0.25, 0.3) is 5.91 Å². The van der Waals surface area contributed by atoms with Crippen LogP contribution in [0, 0.1) is 13.8 Å². The number of benzene rings is 1. The Hall–Kier alpha value is -2.74. The highest BCUT2D eigenvalue weighted by molar-refractivity contribution is 7.99. The quantitative estimate of drug-likeness (QED) is 0.854. The lowest BCUT2D eigenvalue weighted by atomic mass is 10.1. The van der Waals surface area contributed by atoms with Gasteiger partial charge in [-0.05, 0) is 37.6 Å². The van der Waals surface area contributed by atoms with Gasteiger partial charge in [-0.15, -0.1) is 11.8 Å². The summed E-state index contributed by atoms with van der Waals surface area (Å²) in [7, 11) is 0. The second-order valence-corrected chi connectivity index (χ2v) is 7.07. The fourth-order valence-corrected chi connectivity index (χ4v) is 3.89. The maximum absolute atomic E-state index is 12.7. The van der Waals surface area contributed by atoms with E-state index in [4.69, 9.17) is 9.52 Å². The summed E-state index contributed by atoms with van der Waals surface area (Å²) in [4.78, 5) is 37.6. The lowest BCUT2D eigenvalue weighted by Crippen LogP contribution is -2.44. The maximum atomic E-state index is 12.7. The highest BCUT2D eigenvalue weighted by Crippen LogP contribution is 2.26. The number of hydrogen-bond acceptors (Lipinski definition) is 5. The molecule has 26 heavy (non-hydrogen) atoms. The van der Waals surface area contributed by atoms with E-state index in [1.807, 2.05) is 32.0 Å². The van der Waals surface area contributed by atoms with Crippen LogP contribution in [0.25, 0.3) is 0 Å². The van der Waals surface area contributed by atoms with E-state index in [9.17, 15) is 14.4 Å². The van der Waals surface area contributed by atoms with Crippen LogP contribution in [0.4, 0.5) is 5.69 Å². The molecule has 8 heteroatoms. The van der Waals surface area contributed by atoms with Gasteiger partial charge in [0.05, 0.1) is 5.88 Å². The number of carbonyl (C=O) groups excluding carboxylic acids is 2. The molecule has 2 amide bonds. The molecule has 7 nitrogen and oxygen atoms in total. The lowest BCUT2D eigenvalue weighted by molar-refractivity contribution is -0.119. The largest absolute Gasteiger partial charge is 0.475 e. The van der Waals surface area contributed by atoms with Crippen LogP contribution in [0.5, 0.6) is 0 Å². The molecule has 3 rings (SSSR count). The summed E-state index contributed by atoms with van der Waals surface area (Å²) in [6, 6.07) is 7.61.